The second-order valence-electron chi connectivity index (χ2n) is 9.07. The minimum Gasteiger partial charge on any atom is -0.496 e. The fourth-order valence-electron chi connectivity index (χ4n) is 3.26. The van der Waals surface area contributed by atoms with Crippen molar-refractivity contribution in [1.82, 2.24) is 15.5 Å². The third kappa shape index (κ3) is 10.4. The Hall–Kier alpha value is -4.81. The van der Waals surface area contributed by atoms with E-state index in [0.717, 1.165) is 14.0 Å². The molecule has 0 aliphatic rings. The number of benzene rings is 2. The van der Waals surface area contributed by atoms with Crippen molar-refractivity contribution in [2.75, 3.05) is 27.0 Å². The highest BCUT2D eigenvalue weighted by Crippen LogP contribution is 2.36. The number of esters is 1. The maximum absolute atomic E-state index is 13.5. The number of halogens is 6. The summed E-state index contributed by atoms with van der Waals surface area (Å²) in [4.78, 5) is 55.2. The highest BCUT2D eigenvalue weighted by atomic mass is 32.2. The van der Waals surface area contributed by atoms with Gasteiger partial charge in [-0.1, -0.05) is 11.8 Å². The lowest BCUT2D eigenvalue weighted by Crippen LogP contribution is -2.51. The Morgan fingerprint density at radius 1 is 0.978 bits per heavy atom. The molecule has 0 aliphatic heterocycles. The van der Waals surface area contributed by atoms with E-state index in [1.165, 1.54) is 19.0 Å². The van der Waals surface area contributed by atoms with Crippen LogP contribution in [0, 0.1) is 5.41 Å². The number of guanidine groups is 2. The minimum absolute atomic E-state index is 0.327. The van der Waals surface area contributed by atoms with E-state index in [4.69, 9.17) is 20.6 Å². The van der Waals surface area contributed by atoms with Gasteiger partial charge in [-0.3, -0.25) is 25.1 Å². The number of rotatable bonds is 8. The van der Waals surface area contributed by atoms with Gasteiger partial charge < -0.3 is 25.4 Å². The van der Waals surface area contributed by atoms with Crippen LogP contribution in [-0.2, 0) is 21.9 Å². The van der Waals surface area contributed by atoms with Crippen molar-refractivity contribution in [2.24, 2.45) is 10.7 Å². The SMILES string of the molecule is COc1cc(C(F)(F)F)ccc1C(=O)Oc1cc(C(F)(F)F)ccc1C(=O)SCC(NC(C)=O)C(=O)NC(N)=NC(=N)N(C)C. The molecule has 2 rings (SSSR count). The van der Waals surface area contributed by atoms with E-state index in [9.17, 15) is 45.5 Å². The first-order valence-corrected chi connectivity index (χ1v) is 13.3. The average molecular weight is 665 g/mol. The number of amides is 2. The molecule has 0 aliphatic carbocycles. The van der Waals surface area contributed by atoms with Gasteiger partial charge in [0.2, 0.25) is 28.8 Å². The molecule has 5 N–H and O–H groups in total. The zero-order valence-electron chi connectivity index (χ0n) is 23.8. The Kier molecular flexibility index (Phi) is 11.9. The first-order chi connectivity index (χ1) is 20.7. The number of aliphatic imine (C=N–C) groups is 1. The van der Waals surface area contributed by atoms with Crippen LogP contribution in [0.3, 0.4) is 0 Å². The summed E-state index contributed by atoms with van der Waals surface area (Å²) in [5, 5.41) is 11.0. The normalized spacial score (nSPS) is 12.5. The number of hydrogen-bond acceptors (Lipinski definition) is 8. The fourth-order valence-corrected chi connectivity index (χ4v) is 4.14. The van der Waals surface area contributed by atoms with Gasteiger partial charge in [-0.2, -0.15) is 31.3 Å². The molecular weight excluding hydrogens is 638 g/mol. The van der Waals surface area contributed by atoms with Gasteiger partial charge in [-0.15, -0.1) is 0 Å². The maximum atomic E-state index is 13.5. The number of hydrogen-bond donors (Lipinski definition) is 4. The van der Waals surface area contributed by atoms with Crippen LogP contribution >= 0.6 is 11.8 Å². The van der Waals surface area contributed by atoms with Crippen molar-refractivity contribution in [2.45, 2.75) is 25.3 Å². The summed E-state index contributed by atoms with van der Waals surface area (Å²) in [7, 11) is 3.92. The maximum Gasteiger partial charge on any atom is 0.416 e. The molecule has 45 heavy (non-hydrogen) atoms. The van der Waals surface area contributed by atoms with Crippen LogP contribution in [0.4, 0.5) is 26.3 Å². The topological polar surface area (TPSA) is 176 Å². The fraction of sp³-hybridized carbons (Fsp3) is 0.308. The Morgan fingerprint density at radius 3 is 2.00 bits per heavy atom. The number of carbonyl (C=O) groups is 4. The number of thioether (sulfide) groups is 1. The molecule has 0 saturated heterocycles. The van der Waals surface area contributed by atoms with E-state index in [1.54, 1.807) is 0 Å². The molecule has 1 atom stereocenters. The first-order valence-electron chi connectivity index (χ1n) is 12.3. The predicted octanol–water partition coefficient (Wildman–Crippen LogP) is 3.26. The number of alkyl halides is 6. The number of ether oxygens (including phenoxy) is 2. The summed E-state index contributed by atoms with van der Waals surface area (Å²) in [5.74, 6) is -5.92. The Balaban J connectivity index is 2.38. The summed E-state index contributed by atoms with van der Waals surface area (Å²) in [6, 6.07) is 1.85. The van der Waals surface area contributed by atoms with Crippen LogP contribution in [0.1, 0.15) is 38.8 Å². The molecule has 0 saturated carbocycles. The molecule has 2 aromatic carbocycles. The Morgan fingerprint density at radius 2 is 1.51 bits per heavy atom. The molecule has 2 amide bonds. The van der Waals surface area contributed by atoms with Gasteiger partial charge in [0.1, 0.15) is 23.1 Å². The minimum atomic E-state index is -4.94. The first kappa shape index (κ1) is 36.4. The number of nitrogens with two attached hydrogens (primary N) is 1. The van der Waals surface area contributed by atoms with Crippen LogP contribution in [-0.4, -0.2) is 72.7 Å². The van der Waals surface area contributed by atoms with Crippen LogP contribution in [0.15, 0.2) is 41.4 Å². The van der Waals surface area contributed by atoms with Crippen molar-refractivity contribution >= 4 is 46.6 Å². The summed E-state index contributed by atoms with van der Waals surface area (Å²) < 4.78 is 89.5. The number of nitrogens with one attached hydrogen (secondary N) is 3. The number of carbonyl (C=O) groups excluding carboxylic acids is 4. The Labute approximate surface area is 255 Å². The summed E-state index contributed by atoms with van der Waals surface area (Å²) >= 11 is 0.349. The van der Waals surface area contributed by atoms with Gasteiger partial charge in [-0.25, -0.2) is 4.79 Å². The van der Waals surface area contributed by atoms with Gasteiger partial charge in [0.15, 0.2) is 0 Å². The van der Waals surface area contributed by atoms with E-state index in [0.29, 0.717) is 48.2 Å². The molecular formula is C26H26F6N6O6S. The van der Waals surface area contributed by atoms with Crippen molar-refractivity contribution in [3.8, 4) is 11.5 Å². The van der Waals surface area contributed by atoms with Gasteiger partial charge in [0, 0.05) is 26.8 Å². The monoisotopic (exact) mass is 664 g/mol. The molecule has 244 valence electrons. The van der Waals surface area contributed by atoms with Crippen molar-refractivity contribution < 1.29 is 55.0 Å². The second kappa shape index (κ2) is 14.8. The summed E-state index contributed by atoms with van der Waals surface area (Å²) in [6.07, 6.45) is -9.74. The molecule has 12 nitrogen and oxygen atoms in total. The van der Waals surface area contributed by atoms with E-state index >= 15 is 0 Å². The quantitative estimate of drug-likeness (QED) is 0.109. The van der Waals surface area contributed by atoms with Crippen LogP contribution in [0.25, 0.3) is 0 Å². The molecule has 0 radical (unpaired) electrons. The molecule has 1 unspecified atom stereocenters. The molecule has 19 heteroatoms. The average Bonchev–Trinajstić information content (AvgIpc) is 2.93. The van der Waals surface area contributed by atoms with Crippen molar-refractivity contribution in [3.05, 3.63) is 58.7 Å². The van der Waals surface area contributed by atoms with Gasteiger partial charge >= 0.3 is 18.3 Å². The van der Waals surface area contributed by atoms with Crippen LogP contribution < -0.4 is 25.8 Å². The molecule has 0 bridgehead atoms. The molecule has 0 spiro atoms. The third-order valence-electron chi connectivity index (χ3n) is 5.46. The summed E-state index contributed by atoms with van der Waals surface area (Å²) in [6.45, 7) is 1.06. The van der Waals surface area contributed by atoms with E-state index < -0.39 is 86.8 Å². The van der Waals surface area contributed by atoms with Crippen molar-refractivity contribution in [3.63, 3.8) is 0 Å². The lowest BCUT2D eigenvalue weighted by atomic mass is 10.1. The zero-order chi connectivity index (χ0) is 34.3. The lowest BCUT2D eigenvalue weighted by molar-refractivity contribution is -0.138. The largest absolute Gasteiger partial charge is 0.496 e. The smallest absolute Gasteiger partial charge is 0.416 e. The summed E-state index contributed by atoms with van der Waals surface area (Å²) in [5.41, 5.74) is 1.95. The highest BCUT2D eigenvalue weighted by molar-refractivity contribution is 8.14. The second-order valence-corrected chi connectivity index (χ2v) is 10.1. The standard InChI is InChI=1S/C26H26F6N6O6S/c1-12(39)35-17(20(40)36-23(33)37-24(34)38(2)3)11-45-22(42)16-8-6-14(26(30,31)32)10-19(16)44-21(41)15-7-5-13(25(27,28)29)9-18(15)43-4/h5-10,17H,11H2,1-4H3,(H,35,39)(H4,33,34,36,37,40). The lowest BCUT2D eigenvalue weighted by Gasteiger charge is -2.18. The van der Waals surface area contributed by atoms with Crippen LogP contribution in [0.5, 0.6) is 11.5 Å². The highest BCUT2D eigenvalue weighted by Gasteiger charge is 2.34. The van der Waals surface area contributed by atoms with E-state index in [-0.39, 0.29) is 5.96 Å². The number of methoxy groups -OCH3 is 1. The van der Waals surface area contributed by atoms with Gasteiger partial charge in [0.25, 0.3) is 0 Å². The zero-order valence-corrected chi connectivity index (χ0v) is 24.7. The van der Waals surface area contributed by atoms with Crippen molar-refractivity contribution in [1.29, 1.82) is 5.41 Å². The van der Waals surface area contributed by atoms with Crippen LogP contribution in [0.2, 0.25) is 0 Å². The van der Waals surface area contributed by atoms with E-state index in [2.05, 4.69) is 15.6 Å². The molecule has 0 fully saturated rings. The Bertz CT molecular complexity index is 1510. The van der Waals surface area contributed by atoms with Gasteiger partial charge in [-0.05, 0) is 36.4 Å². The van der Waals surface area contributed by atoms with Gasteiger partial charge in [0.05, 0.1) is 23.8 Å². The number of nitrogens with zero attached hydrogens (tertiary/aromatic N) is 2. The molecule has 2 aromatic rings. The predicted molar refractivity (Wildman–Crippen MR) is 150 cm³/mol. The third-order valence-corrected chi connectivity index (χ3v) is 6.44. The van der Waals surface area contributed by atoms with E-state index in [1.807, 2.05) is 0 Å². The molecule has 0 aromatic heterocycles. The molecule has 0 heterocycles.